The molecule has 5 nitrogen and oxygen atoms in total. The summed E-state index contributed by atoms with van der Waals surface area (Å²) in [6.07, 6.45) is 2.43. The first-order chi connectivity index (χ1) is 7.69. The molecule has 0 spiro atoms. The lowest BCUT2D eigenvalue weighted by Gasteiger charge is -2.07. The third kappa shape index (κ3) is 3.55. The molecule has 1 amide bonds. The van der Waals surface area contributed by atoms with E-state index >= 15 is 0 Å². The van der Waals surface area contributed by atoms with Crippen molar-refractivity contribution in [2.24, 2.45) is 11.6 Å². The molecule has 16 heavy (non-hydrogen) atoms. The highest BCUT2D eigenvalue weighted by Crippen LogP contribution is 2.18. The van der Waals surface area contributed by atoms with Crippen molar-refractivity contribution in [2.45, 2.75) is 25.1 Å². The zero-order valence-corrected chi connectivity index (χ0v) is 10.0. The summed E-state index contributed by atoms with van der Waals surface area (Å²) in [5.41, 5.74) is 8.36. The maximum Gasteiger partial charge on any atom is 0.268 e. The number of nitrogen functional groups attached to an aromatic ring is 1. The Bertz CT molecular complexity index is 341. The third-order valence-electron chi connectivity index (χ3n) is 2.21. The summed E-state index contributed by atoms with van der Waals surface area (Å²) in [6.45, 7) is 2.05. The van der Waals surface area contributed by atoms with E-state index in [-0.39, 0.29) is 11.9 Å². The summed E-state index contributed by atoms with van der Waals surface area (Å²) < 4.78 is 5.23. The van der Waals surface area contributed by atoms with Crippen LogP contribution in [-0.4, -0.2) is 17.7 Å². The number of amides is 1. The molecular weight excluding hydrogens is 226 g/mol. The number of hydrazine groups is 1. The molecule has 0 bridgehead atoms. The Morgan fingerprint density at radius 1 is 1.69 bits per heavy atom. The Morgan fingerprint density at radius 2 is 2.44 bits per heavy atom. The number of carbonyl (C=O) groups excluding carboxylic acids is 1. The minimum Gasteiger partial charge on any atom is -0.468 e. The van der Waals surface area contributed by atoms with Crippen LogP contribution < -0.4 is 17.0 Å². The Balaban J connectivity index is 2.48. The molecule has 1 aromatic rings. The molecule has 0 aliphatic heterocycles. The van der Waals surface area contributed by atoms with Gasteiger partial charge >= 0.3 is 0 Å². The second-order valence-corrected chi connectivity index (χ2v) is 4.44. The van der Waals surface area contributed by atoms with Crippen molar-refractivity contribution >= 4 is 17.7 Å². The predicted octanol–water partition coefficient (Wildman–Crippen LogP) is 0.854. The van der Waals surface area contributed by atoms with Crippen molar-refractivity contribution in [1.82, 2.24) is 5.43 Å². The number of thioether (sulfide) groups is 1. The summed E-state index contributed by atoms with van der Waals surface area (Å²) in [5, 5.41) is 0. The van der Waals surface area contributed by atoms with Crippen LogP contribution in [0, 0.1) is 0 Å². The number of nitrogens with two attached hydrogens (primary N) is 2. The predicted molar refractivity (Wildman–Crippen MR) is 64.8 cm³/mol. The maximum atomic E-state index is 11.3. The molecule has 0 saturated carbocycles. The molecule has 90 valence electrons. The van der Waals surface area contributed by atoms with Crippen molar-refractivity contribution in [3.05, 3.63) is 23.7 Å². The molecule has 0 fully saturated rings. The first-order valence-corrected chi connectivity index (χ1v) is 6.25. The van der Waals surface area contributed by atoms with E-state index in [0.29, 0.717) is 17.1 Å². The average molecular weight is 243 g/mol. The fourth-order valence-electron chi connectivity index (χ4n) is 1.15. The van der Waals surface area contributed by atoms with Crippen LogP contribution in [0.15, 0.2) is 16.7 Å². The zero-order valence-electron chi connectivity index (χ0n) is 9.23. The Morgan fingerprint density at radius 3 is 3.06 bits per heavy atom. The van der Waals surface area contributed by atoms with Crippen molar-refractivity contribution in [2.75, 3.05) is 5.75 Å². The van der Waals surface area contributed by atoms with Crippen LogP contribution in [0.2, 0.25) is 0 Å². The average Bonchev–Trinajstić information content (AvgIpc) is 2.76. The largest absolute Gasteiger partial charge is 0.468 e. The highest BCUT2D eigenvalue weighted by Gasteiger charge is 2.13. The van der Waals surface area contributed by atoms with Gasteiger partial charge < -0.3 is 10.2 Å². The van der Waals surface area contributed by atoms with Gasteiger partial charge in [0.15, 0.2) is 0 Å². The summed E-state index contributed by atoms with van der Waals surface area (Å²) in [6, 6.07) is 1.80. The number of carbonyl (C=O) groups is 1. The van der Waals surface area contributed by atoms with Gasteiger partial charge in [-0.3, -0.25) is 10.2 Å². The van der Waals surface area contributed by atoms with Crippen LogP contribution >= 0.6 is 11.8 Å². The zero-order chi connectivity index (χ0) is 12.0. The van der Waals surface area contributed by atoms with E-state index in [1.54, 1.807) is 17.8 Å². The van der Waals surface area contributed by atoms with Gasteiger partial charge in [0.25, 0.3) is 5.91 Å². The maximum absolute atomic E-state index is 11.3. The fraction of sp³-hybridized carbons (Fsp3) is 0.500. The Kier molecular flexibility index (Phi) is 5.37. The molecule has 1 heterocycles. The van der Waals surface area contributed by atoms with Crippen LogP contribution in [0.25, 0.3) is 0 Å². The van der Waals surface area contributed by atoms with E-state index in [0.717, 1.165) is 12.2 Å². The van der Waals surface area contributed by atoms with Crippen LogP contribution in [0.4, 0.5) is 0 Å². The van der Waals surface area contributed by atoms with Crippen molar-refractivity contribution < 1.29 is 9.21 Å². The van der Waals surface area contributed by atoms with E-state index < -0.39 is 0 Å². The first-order valence-electron chi connectivity index (χ1n) is 5.09. The number of rotatable bonds is 6. The Hall–Kier alpha value is -0.980. The molecule has 0 radical (unpaired) electrons. The number of hydrogen-bond acceptors (Lipinski definition) is 5. The number of hydrogen-bond donors (Lipinski definition) is 3. The Labute approximate surface area is 98.9 Å². The van der Waals surface area contributed by atoms with E-state index in [2.05, 4.69) is 5.43 Å². The summed E-state index contributed by atoms with van der Waals surface area (Å²) >= 11 is 1.65. The van der Waals surface area contributed by atoms with Gasteiger partial charge in [-0.1, -0.05) is 6.92 Å². The highest BCUT2D eigenvalue weighted by molar-refractivity contribution is 7.98. The van der Waals surface area contributed by atoms with Crippen molar-refractivity contribution in [1.29, 1.82) is 0 Å². The van der Waals surface area contributed by atoms with Crippen molar-refractivity contribution in [3.63, 3.8) is 0 Å². The second kappa shape index (κ2) is 6.57. The molecule has 6 heteroatoms. The van der Waals surface area contributed by atoms with Crippen LogP contribution in [0.5, 0.6) is 0 Å². The topological polar surface area (TPSA) is 94.3 Å². The van der Waals surface area contributed by atoms with Gasteiger partial charge in [0.2, 0.25) is 0 Å². The number of furan rings is 1. The summed E-state index contributed by atoms with van der Waals surface area (Å²) in [5.74, 6) is 6.84. The molecule has 0 aromatic carbocycles. The quantitative estimate of drug-likeness (QED) is 0.391. The molecule has 0 aliphatic carbocycles. The minimum atomic E-state index is -0.330. The fourth-order valence-corrected chi connectivity index (χ4v) is 2.22. The molecule has 0 aliphatic rings. The molecule has 1 aromatic heterocycles. The summed E-state index contributed by atoms with van der Waals surface area (Å²) in [4.78, 5) is 11.3. The van der Waals surface area contributed by atoms with Gasteiger partial charge in [-0.2, -0.15) is 11.8 Å². The molecule has 5 N–H and O–H groups in total. The molecule has 1 atom stereocenters. The smallest absolute Gasteiger partial charge is 0.268 e. The van der Waals surface area contributed by atoms with Gasteiger partial charge in [-0.15, -0.1) is 0 Å². The minimum absolute atomic E-state index is 0.187. The number of nitrogens with one attached hydrogen (secondary N) is 1. The first kappa shape index (κ1) is 13.1. The van der Waals surface area contributed by atoms with Gasteiger partial charge in [-0.25, -0.2) is 5.84 Å². The normalized spacial score (nSPS) is 12.4. The lowest BCUT2D eigenvalue weighted by atomic mass is 10.2. The second-order valence-electron chi connectivity index (χ2n) is 3.41. The van der Waals surface area contributed by atoms with Crippen LogP contribution in [-0.2, 0) is 5.75 Å². The monoisotopic (exact) mass is 243 g/mol. The van der Waals surface area contributed by atoms with Crippen molar-refractivity contribution in [3.8, 4) is 0 Å². The molecule has 0 saturated heterocycles. The van der Waals surface area contributed by atoms with Crippen LogP contribution in [0.3, 0.4) is 0 Å². The summed E-state index contributed by atoms with van der Waals surface area (Å²) in [7, 11) is 0. The van der Waals surface area contributed by atoms with Crippen LogP contribution in [0.1, 0.15) is 29.5 Å². The SMILES string of the molecule is CCC(N)CSCc1occc1C(=O)NN. The molecular formula is C10H17N3O2S. The highest BCUT2D eigenvalue weighted by atomic mass is 32.2. The van der Waals surface area contributed by atoms with E-state index in [9.17, 15) is 4.79 Å². The van der Waals surface area contributed by atoms with E-state index in [1.807, 2.05) is 6.92 Å². The standard InChI is InChI=1S/C10H17N3O2S/c1-2-7(11)5-16-6-9-8(3-4-15-9)10(14)13-12/h3-4,7H,2,5-6,11-12H2,1H3,(H,13,14). The lowest BCUT2D eigenvalue weighted by Crippen LogP contribution is -2.30. The van der Waals surface area contributed by atoms with E-state index in [4.69, 9.17) is 16.0 Å². The molecule has 1 rings (SSSR count). The van der Waals surface area contributed by atoms with Gasteiger partial charge in [0.1, 0.15) is 5.76 Å². The third-order valence-corrected chi connectivity index (χ3v) is 3.34. The van der Waals surface area contributed by atoms with Gasteiger partial charge in [0, 0.05) is 11.8 Å². The van der Waals surface area contributed by atoms with Gasteiger partial charge in [0.05, 0.1) is 17.6 Å². The van der Waals surface area contributed by atoms with E-state index in [1.165, 1.54) is 6.26 Å². The molecule has 1 unspecified atom stereocenters. The van der Waals surface area contributed by atoms with Gasteiger partial charge in [-0.05, 0) is 12.5 Å². The lowest BCUT2D eigenvalue weighted by molar-refractivity contribution is 0.0952.